The molecule has 8 aromatic carbocycles. The number of hydrogen-bond donors (Lipinski definition) is 0. The molecular weight excluding hydrogens is 659 g/mol. The number of thiophene rings is 2. The second kappa shape index (κ2) is 10.2. The second-order valence-corrected chi connectivity index (χ2v) is 15.4. The maximum absolute atomic E-state index is 5.66. The van der Waals surface area contributed by atoms with E-state index in [2.05, 4.69) is 156 Å². The molecule has 0 spiro atoms. The molecule has 0 unspecified atom stereocenters. The zero-order valence-corrected chi connectivity index (χ0v) is 28.7. The minimum absolute atomic E-state index is 0.690. The fraction of sp³-hybridized carbons (Fsp3) is 0. The van der Waals surface area contributed by atoms with Gasteiger partial charge < -0.3 is 0 Å². The predicted molar refractivity (Wildman–Crippen MR) is 220 cm³/mol. The number of hydrogen-bond acceptors (Lipinski definition) is 4. The highest BCUT2D eigenvalue weighted by molar-refractivity contribution is 7.27. The van der Waals surface area contributed by atoms with Crippen LogP contribution in [0.25, 0.3) is 112 Å². The third kappa shape index (κ3) is 3.71. The zero-order valence-electron chi connectivity index (χ0n) is 27.1. The normalized spacial score (nSPS) is 12.3. The van der Waals surface area contributed by atoms with E-state index in [1.165, 1.54) is 68.0 Å². The second-order valence-electron chi connectivity index (χ2n) is 13.3. The molecule has 0 aliphatic heterocycles. The Labute approximate surface area is 299 Å². The van der Waals surface area contributed by atoms with E-state index in [0.29, 0.717) is 5.95 Å². The molecule has 3 nitrogen and oxygen atoms in total. The Hall–Kier alpha value is -6.14. The first-order valence-corrected chi connectivity index (χ1v) is 18.8. The Morgan fingerprint density at radius 2 is 1.02 bits per heavy atom. The molecule has 0 bridgehead atoms. The van der Waals surface area contributed by atoms with Crippen LogP contribution >= 0.6 is 22.7 Å². The number of fused-ring (bicyclic) bond motifs is 16. The van der Waals surface area contributed by atoms with Crippen LogP contribution in [0.1, 0.15) is 0 Å². The van der Waals surface area contributed by atoms with E-state index in [4.69, 9.17) is 9.97 Å². The van der Waals surface area contributed by atoms with Gasteiger partial charge in [0, 0.05) is 52.0 Å². The molecule has 4 aromatic heterocycles. The molecule has 12 aromatic rings. The molecule has 4 heterocycles. The molecule has 0 saturated carbocycles. The SMILES string of the molecule is c1ccc2c(c1)cc(-c1nc(-n3c4ccccc4c4c5sc6ccccc6c5c5ccccc5c43)nc3c1sc1ccccc13)c1ccccc12. The Kier molecular flexibility index (Phi) is 5.53. The van der Waals surface area contributed by atoms with E-state index >= 15 is 0 Å². The topological polar surface area (TPSA) is 30.7 Å². The summed E-state index contributed by atoms with van der Waals surface area (Å²) < 4.78 is 7.27. The van der Waals surface area contributed by atoms with Gasteiger partial charge >= 0.3 is 0 Å². The van der Waals surface area contributed by atoms with Crippen molar-refractivity contribution >= 4 is 117 Å². The van der Waals surface area contributed by atoms with Crippen molar-refractivity contribution in [2.75, 3.05) is 0 Å². The largest absolute Gasteiger partial charge is 0.277 e. The van der Waals surface area contributed by atoms with Crippen LogP contribution in [0.15, 0.2) is 152 Å². The average molecular weight is 684 g/mol. The molecule has 0 N–H and O–H groups in total. The van der Waals surface area contributed by atoms with Gasteiger partial charge in [-0.25, -0.2) is 9.97 Å². The number of benzene rings is 8. The lowest BCUT2D eigenvalue weighted by atomic mass is 9.95. The van der Waals surface area contributed by atoms with Gasteiger partial charge in [0.25, 0.3) is 0 Å². The van der Waals surface area contributed by atoms with E-state index in [1.54, 1.807) is 11.3 Å². The first kappa shape index (κ1) is 27.7. The quantitative estimate of drug-likeness (QED) is 0.170. The van der Waals surface area contributed by atoms with Crippen LogP contribution in [0.2, 0.25) is 0 Å². The molecule has 0 aliphatic rings. The van der Waals surface area contributed by atoms with Gasteiger partial charge in [-0.05, 0) is 51.2 Å². The van der Waals surface area contributed by atoms with Crippen LogP contribution < -0.4 is 0 Å². The van der Waals surface area contributed by atoms with Gasteiger partial charge in [0.1, 0.15) is 0 Å². The van der Waals surface area contributed by atoms with Crippen molar-refractivity contribution in [1.82, 2.24) is 14.5 Å². The van der Waals surface area contributed by atoms with Crippen molar-refractivity contribution in [2.24, 2.45) is 0 Å². The maximum atomic E-state index is 5.66. The third-order valence-electron chi connectivity index (χ3n) is 10.6. The summed E-state index contributed by atoms with van der Waals surface area (Å²) in [6.45, 7) is 0. The average Bonchev–Trinajstić information content (AvgIpc) is 3.87. The minimum atomic E-state index is 0.690. The van der Waals surface area contributed by atoms with Crippen LogP contribution in [0.5, 0.6) is 0 Å². The summed E-state index contributed by atoms with van der Waals surface area (Å²) in [7, 11) is 0. The summed E-state index contributed by atoms with van der Waals surface area (Å²) in [5.41, 5.74) is 5.35. The Morgan fingerprint density at radius 3 is 1.84 bits per heavy atom. The summed E-state index contributed by atoms with van der Waals surface area (Å²) in [6, 6.07) is 54.9. The molecule has 51 heavy (non-hydrogen) atoms. The third-order valence-corrected chi connectivity index (χ3v) is 12.9. The van der Waals surface area contributed by atoms with Crippen LogP contribution in [-0.2, 0) is 0 Å². The molecule has 0 radical (unpaired) electrons. The Bertz CT molecular complexity index is 3440. The first-order valence-electron chi connectivity index (χ1n) is 17.2. The van der Waals surface area contributed by atoms with Gasteiger partial charge in [-0.15, -0.1) is 22.7 Å². The standard InChI is InChI=1S/C46H25N3S2/c1-2-14-27-26(13-1)25-35(29-16-4-3-15-28(27)29)42-45-41(34-21-9-12-24-38(34)51-45)47-46(48-42)49-36-22-10-7-19-32(36)40-43(49)31-18-6-5-17-30(31)39-33-20-8-11-23-37(33)50-44(39)40/h1-25H. The highest BCUT2D eigenvalue weighted by atomic mass is 32.1. The summed E-state index contributed by atoms with van der Waals surface area (Å²) in [5.74, 6) is 0.690. The number of rotatable bonds is 2. The molecule has 236 valence electrons. The van der Waals surface area contributed by atoms with Crippen molar-refractivity contribution in [3.8, 4) is 17.2 Å². The molecule has 0 saturated heterocycles. The van der Waals surface area contributed by atoms with Gasteiger partial charge in [-0.1, -0.05) is 127 Å². The highest BCUT2D eigenvalue weighted by Gasteiger charge is 2.25. The van der Waals surface area contributed by atoms with Gasteiger partial charge in [-0.3, -0.25) is 4.57 Å². The lowest BCUT2D eigenvalue weighted by molar-refractivity contribution is 1.02. The van der Waals surface area contributed by atoms with Crippen molar-refractivity contribution in [2.45, 2.75) is 0 Å². The molecule has 12 rings (SSSR count). The number of aromatic nitrogens is 3. The lowest BCUT2D eigenvalue weighted by Crippen LogP contribution is -2.03. The van der Waals surface area contributed by atoms with Gasteiger partial charge in [0.15, 0.2) is 0 Å². The van der Waals surface area contributed by atoms with E-state index in [9.17, 15) is 0 Å². The van der Waals surface area contributed by atoms with Crippen molar-refractivity contribution in [3.63, 3.8) is 0 Å². The van der Waals surface area contributed by atoms with E-state index < -0.39 is 0 Å². The predicted octanol–water partition coefficient (Wildman–Crippen LogP) is 13.4. The van der Waals surface area contributed by atoms with Crippen LogP contribution in [0, 0.1) is 0 Å². The molecule has 5 heteroatoms. The van der Waals surface area contributed by atoms with E-state index in [-0.39, 0.29) is 0 Å². The summed E-state index contributed by atoms with van der Waals surface area (Å²) in [6.07, 6.45) is 0. The smallest absolute Gasteiger partial charge is 0.235 e. The van der Waals surface area contributed by atoms with Crippen LogP contribution in [-0.4, -0.2) is 14.5 Å². The van der Waals surface area contributed by atoms with Gasteiger partial charge in [0.2, 0.25) is 5.95 Å². The van der Waals surface area contributed by atoms with Crippen molar-refractivity contribution < 1.29 is 0 Å². The Balaban J connectivity index is 1.30. The van der Waals surface area contributed by atoms with Crippen molar-refractivity contribution in [3.05, 3.63) is 152 Å². The zero-order chi connectivity index (χ0) is 33.2. The minimum Gasteiger partial charge on any atom is -0.277 e. The number of nitrogens with zero attached hydrogens (tertiary/aromatic N) is 3. The summed E-state index contributed by atoms with van der Waals surface area (Å²) in [5, 5.41) is 13.6. The molecule has 0 fully saturated rings. The van der Waals surface area contributed by atoms with E-state index in [0.717, 1.165) is 37.9 Å². The highest BCUT2D eigenvalue weighted by Crippen LogP contribution is 2.49. The molecule has 0 aliphatic carbocycles. The fourth-order valence-electron chi connectivity index (χ4n) is 8.44. The maximum Gasteiger partial charge on any atom is 0.235 e. The monoisotopic (exact) mass is 683 g/mol. The molecule has 0 atom stereocenters. The van der Waals surface area contributed by atoms with Crippen molar-refractivity contribution in [1.29, 1.82) is 0 Å². The van der Waals surface area contributed by atoms with E-state index in [1.807, 2.05) is 11.3 Å². The van der Waals surface area contributed by atoms with Gasteiger partial charge in [0.05, 0.1) is 26.9 Å². The summed E-state index contributed by atoms with van der Waals surface area (Å²) in [4.78, 5) is 11.2. The summed E-state index contributed by atoms with van der Waals surface area (Å²) >= 11 is 3.67. The molecule has 0 amide bonds. The Morgan fingerprint density at radius 1 is 0.431 bits per heavy atom. The van der Waals surface area contributed by atoms with Crippen LogP contribution in [0.3, 0.4) is 0 Å². The molecular formula is C46H25N3S2. The van der Waals surface area contributed by atoms with Crippen LogP contribution in [0.4, 0.5) is 0 Å². The first-order chi connectivity index (χ1) is 25.3. The van der Waals surface area contributed by atoms with Gasteiger partial charge in [-0.2, -0.15) is 0 Å². The lowest BCUT2D eigenvalue weighted by Gasteiger charge is -2.14. The number of para-hydroxylation sites is 1. The fourth-order valence-corrected chi connectivity index (χ4v) is 10.9.